The maximum absolute atomic E-state index is 13.0. The van der Waals surface area contributed by atoms with Gasteiger partial charge >= 0.3 is 0 Å². The molecule has 0 unspecified atom stereocenters. The number of hydrogen-bond acceptors (Lipinski definition) is 5. The Morgan fingerprint density at radius 1 is 1.17 bits per heavy atom. The lowest BCUT2D eigenvalue weighted by molar-refractivity contribution is -0.140. The van der Waals surface area contributed by atoms with Gasteiger partial charge in [-0.25, -0.2) is 0 Å². The molecule has 0 saturated heterocycles. The summed E-state index contributed by atoms with van der Waals surface area (Å²) in [6.07, 6.45) is 7.31. The Morgan fingerprint density at radius 2 is 1.83 bits per heavy atom. The predicted molar refractivity (Wildman–Crippen MR) is 97.2 cm³/mol. The highest BCUT2D eigenvalue weighted by molar-refractivity contribution is 7.15. The van der Waals surface area contributed by atoms with Crippen molar-refractivity contribution in [3.8, 4) is 10.7 Å². The van der Waals surface area contributed by atoms with Crippen molar-refractivity contribution in [2.24, 2.45) is 23.2 Å². The van der Waals surface area contributed by atoms with Crippen molar-refractivity contribution < 1.29 is 4.79 Å². The molecule has 4 saturated carbocycles. The van der Waals surface area contributed by atoms with Gasteiger partial charge in [-0.05, 0) is 75.3 Å². The molecule has 4 aliphatic carbocycles. The van der Waals surface area contributed by atoms with Gasteiger partial charge in [-0.3, -0.25) is 4.79 Å². The molecule has 126 valence electrons. The zero-order chi connectivity index (χ0) is 16.3. The van der Waals surface area contributed by atoms with Gasteiger partial charge in [-0.15, -0.1) is 11.3 Å². The number of carbonyl (C=O) groups is 1. The van der Waals surface area contributed by atoms with Gasteiger partial charge in [0, 0.05) is 16.4 Å². The standard InChI is InChI=1S/C18H21N3OS2/c1-10-2-3-14(23-10)15-19-17(24-21-15)20-16(22)18-7-11-4-12(8-18)6-13(5-11)9-18/h2-3,11-13H,4-9H2,1H3,(H,19,20,21,22). The van der Waals surface area contributed by atoms with Crippen molar-refractivity contribution in [1.29, 1.82) is 0 Å². The quantitative estimate of drug-likeness (QED) is 0.862. The van der Waals surface area contributed by atoms with Gasteiger partial charge in [0.25, 0.3) is 0 Å². The van der Waals surface area contributed by atoms with Gasteiger partial charge < -0.3 is 5.32 Å². The number of aromatic nitrogens is 2. The molecule has 4 aliphatic rings. The second-order valence-electron chi connectivity index (χ2n) is 7.99. The van der Waals surface area contributed by atoms with Crippen LogP contribution in [0, 0.1) is 30.1 Å². The highest BCUT2D eigenvalue weighted by Crippen LogP contribution is 2.60. The molecule has 2 aromatic heterocycles. The van der Waals surface area contributed by atoms with Gasteiger partial charge in [-0.1, -0.05) is 0 Å². The molecule has 0 atom stereocenters. The molecule has 0 spiro atoms. The second kappa shape index (κ2) is 5.36. The van der Waals surface area contributed by atoms with Crippen LogP contribution in [0.25, 0.3) is 10.7 Å². The molecule has 6 heteroatoms. The lowest BCUT2D eigenvalue weighted by Gasteiger charge is -2.55. The van der Waals surface area contributed by atoms with Crippen LogP contribution in [0.1, 0.15) is 43.4 Å². The summed E-state index contributed by atoms with van der Waals surface area (Å²) < 4.78 is 4.43. The van der Waals surface area contributed by atoms with Crippen LogP contribution in [0.3, 0.4) is 0 Å². The Balaban J connectivity index is 1.35. The molecule has 4 nitrogen and oxygen atoms in total. The van der Waals surface area contributed by atoms with Crippen molar-refractivity contribution in [3.63, 3.8) is 0 Å². The van der Waals surface area contributed by atoms with E-state index in [1.165, 1.54) is 35.7 Å². The van der Waals surface area contributed by atoms with E-state index in [1.54, 1.807) is 11.3 Å². The van der Waals surface area contributed by atoms with E-state index < -0.39 is 0 Å². The fourth-order valence-corrected chi connectivity index (χ4v) is 6.98. The normalized spacial score (nSPS) is 33.8. The van der Waals surface area contributed by atoms with Crippen LogP contribution in [-0.2, 0) is 4.79 Å². The Hall–Kier alpha value is -1.27. The third-order valence-electron chi connectivity index (χ3n) is 6.13. The summed E-state index contributed by atoms with van der Waals surface area (Å²) in [5.41, 5.74) is -0.125. The Labute approximate surface area is 149 Å². The molecule has 1 amide bonds. The van der Waals surface area contributed by atoms with Gasteiger partial charge in [0.1, 0.15) is 0 Å². The van der Waals surface area contributed by atoms with Crippen molar-refractivity contribution >= 4 is 33.9 Å². The first-order valence-electron chi connectivity index (χ1n) is 8.82. The number of thiophene rings is 1. The zero-order valence-corrected chi connectivity index (χ0v) is 15.4. The van der Waals surface area contributed by atoms with Crippen LogP contribution >= 0.6 is 22.9 Å². The Bertz CT molecular complexity index is 759. The topological polar surface area (TPSA) is 54.9 Å². The van der Waals surface area contributed by atoms with Crippen molar-refractivity contribution in [1.82, 2.24) is 9.36 Å². The third-order valence-corrected chi connectivity index (χ3v) is 7.75. The van der Waals surface area contributed by atoms with E-state index >= 15 is 0 Å². The number of carbonyl (C=O) groups excluding carboxylic acids is 1. The van der Waals surface area contributed by atoms with E-state index in [0.29, 0.717) is 5.13 Å². The maximum Gasteiger partial charge on any atom is 0.232 e. The van der Waals surface area contributed by atoms with Gasteiger partial charge in [0.2, 0.25) is 11.0 Å². The van der Waals surface area contributed by atoms with E-state index in [9.17, 15) is 4.79 Å². The van der Waals surface area contributed by atoms with Gasteiger partial charge in [-0.2, -0.15) is 9.36 Å². The Morgan fingerprint density at radius 3 is 2.42 bits per heavy atom. The second-order valence-corrected chi connectivity index (χ2v) is 10.0. The molecule has 0 aromatic carbocycles. The van der Waals surface area contributed by atoms with Crippen molar-refractivity contribution in [2.45, 2.75) is 45.4 Å². The van der Waals surface area contributed by atoms with Crippen molar-refractivity contribution in [3.05, 3.63) is 17.0 Å². The van der Waals surface area contributed by atoms with E-state index in [1.807, 2.05) is 6.07 Å². The lowest BCUT2D eigenvalue weighted by Crippen LogP contribution is -2.51. The van der Waals surface area contributed by atoms with E-state index in [2.05, 4.69) is 27.7 Å². The summed E-state index contributed by atoms with van der Waals surface area (Å²) in [4.78, 5) is 19.9. The molecule has 4 bridgehead atoms. The van der Waals surface area contributed by atoms with Crippen LogP contribution < -0.4 is 5.32 Å². The Kier molecular flexibility index (Phi) is 3.36. The molecule has 1 N–H and O–H groups in total. The van der Waals surface area contributed by atoms with Crippen LogP contribution in [-0.4, -0.2) is 15.3 Å². The van der Waals surface area contributed by atoms with Crippen molar-refractivity contribution in [2.75, 3.05) is 5.32 Å². The molecule has 0 radical (unpaired) electrons. The highest BCUT2D eigenvalue weighted by atomic mass is 32.1. The molecule has 0 aliphatic heterocycles. The average molecular weight is 360 g/mol. The summed E-state index contributed by atoms with van der Waals surface area (Å²) in [7, 11) is 0. The SMILES string of the molecule is Cc1ccc(-c2nsc(NC(=O)C34CC5CC(CC(C5)C3)C4)n2)s1. The first-order valence-corrected chi connectivity index (χ1v) is 10.4. The number of rotatable bonds is 3. The average Bonchev–Trinajstić information content (AvgIpc) is 3.15. The van der Waals surface area contributed by atoms with Gasteiger partial charge in [0.05, 0.1) is 10.3 Å². The summed E-state index contributed by atoms with van der Waals surface area (Å²) in [6, 6.07) is 4.13. The largest absolute Gasteiger partial charge is 0.300 e. The minimum Gasteiger partial charge on any atom is -0.300 e. The molecule has 2 aromatic rings. The number of amides is 1. The molecular formula is C18H21N3OS2. The molecule has 6 rings (SSSR count). The predicted octanol–water partition coefficient (Wildman–Crippen LogP) is 4.73. The molecule has 2 heterocycles. The maximum atomic E-state index is 13.0. The van der Waals surface area contributed by atoms with Crippen LogP contribution in [0.2, 0.25) is 0 Å². The molecular weight excluding hydrogens is 338 g/mol. The number of aryl methyl sites for hydroxylation is 1. The summed E-state index contributed by atoms with van der Waals surface area (Å²) in [5.74, 6) is 3.27. The zero-order valence-electron chi connectivity index (χ0n) is 13.7. The smallest absolute Gasteiger partial charge is 0.232 e. The van der Waals surface area contributed by atoms with Crippen LogP contribution in [0.15, 0.2) is 12.1 Å². The molecule has 4 fully saturated rings. The fraction of sp³-hybridized carbons (Fsp3) is 0.611. The number of anilines is 1. The monoisotopic (exact) mass is 359 g/mol. The van der Waals surface area contributed by atoms with E-state index in [4.69, 9.17) is 0 Å². The van der Waals surface area contributed by atoms with Gasteiger partial charge in [0.15, 0.2) is 5.82 Å². The van der Waals surface area contributed by atoms with E-state index in [-0.39, 0.29) is 11.3 Å². The van der Waals surface area contributed by atoms with E-state index in [0.717, 1.165) is 47.7 Å². The minimum absolute atomic E-state index is 0.125. The third kappa shape index (κ3) is 2.42. The summed E-state index contributed by atoms with van der Waals surface area (Å²) in [6.45, 7) is 2.08. The number of nitrogens with zero attached hydrogens (tertiary/aromatic N) is 2. The van der Waals surface area contributed by atoms with Crippen LogP contribution in [0.4, 0.5) is 5.13 Å². The summed E-state index contributed by atoms with van der Waals surface area (Å²) >= 11 is 2.99. The fourth-order valence-electron chi connectivity index (χ4n) is 5.55. The highest BCUT2D eigenvalue weighted by Gasteiger charge is 2.54. The molecule has 24 heavy (non-hydrogen) atoms. The number of nitrogens with one attached hydrogen (secondary N) is 1. The minimum atomic E-state index is -0.125. The first kappa shape index (κ1) is 15.0. The number of hydrogen-bond donors (Lipinski definition) is 1. The van der Waals surface area contributed by atoms with Crippen LogP contribution in [0.5, 0.6) is 0 Å². The summed E-state index contributed by atoms with van der Waals surface area (Å²) in [5, 5.41) is 3.76. The lowest BCUT2D eigenvalue weighted by atomic mass is 9.49. The first-order chi connectivity index (χ1) is 11.6.